The second-order valence-corrected chi connectivity index (χ2v) is 5.60. The lowest BCUT2D eigenvalue weighted by molar-refractivity contribution is 0.354. The highest BCUT2D eigenvalue weighted by Crippen LogP contribution is 2.74. The summed E-state index contributed by atoms with van der Waals surface area (Å²) >= 11 is 0. The Labute approximate surface area is 150 Å². The standard InChI is InChI=1S/C18H12N6O2/c1-25-13-4-3-11(5-14(13)26-2)15-17(8-21,9-22)18(15,10-23)16(24)12(6-19)7-20/h3-5,12,15,24H,1-2H3/t15-,18+/m0/s1. The summed E-state index contributed by atoms with van der Waals surface area (Å²) in [6, 6.07) is 13.4. The van der Waals surface area contributed by atoms with E-state index in [4.69, 9.17) is 25.4 Å². The van der Waals surface area contributed by atoms with Crippen LogP contribution in [0.3, 0.4) is 0 Å². The highest BCUT2D eigenvalue weighted by atomic mass is 16.5. The third-order valence-corrected chi connectivity index (χ3v) is 4.65. The number of hydrogen-bond donors (Lipinski definition) is 1. The fourth-order valence-electron chi connectivity index (χ4n) is 3.30. The topological polar surface area (TPSA) is 161 Å². The van der Waals surface area contributed by atoms with Crippen molar-refractivity contribution in [2.24, 2.45) is 16.7 Å². The molecular formula is C18H12N6O2. The first-order valence-electron chi connectivity index (χ1n) is 7.31. The zero-order valence-corrected chi connectivity index (χ0v) is 13.9. The number of methoxy groups -OCH3 is 2. The van der Waals surface area contributed by atoms with E-state index in [-0.39, 0.29) is 0 Å². The van der Waals surface area contributed by atoms with E-state index in [0.29, 0.717) is 17.1 Å². The van der Waals surface area contributed by atoms with E-state index in [1.165, 1.54) is 20.3 Å². The number of ether oxygens (including phenoxy) is 2. The predicted octanol–water partition coefficient (Wildman–Crippen LogP) is 2.03. The summed E-state index contributed by atoms with van der Waals surface area (Å²) in [5.41, 5.74) is -3.89. The van der Waals surface area contributed by atoms with Gasteiger partial charge in [-0.1, -0.05) is 6.07 Å². The molecule has 1 aromatic carbocycles. The van der Waals surface area contributed by atoms with Gasteiger partial charge >= 0.3 is 0 Å². The van der Waals surface area contributed by atoms with Crippen LogP contribution in [0.15, 0.2) is 18.2 Å². The molecule has 1 aromatic rings. The molecule has 1 saturated carbocycles. The number of benzene rings is 1. The molecule has 1 aliphatic carbocycles. The summed E-state index contributed by atoms with van der Waals surface area (Å²) in [5, 5.41) is 55.4. The minimum absolute atomic E-state index is 0.331. The molecular weight excluding hydrogens is 332 g/mol. The van der Waals surface area contributed by atoms with Crippen molar-refractivity contribution in [3.8, 4) is 41.8 Å². The van der Waals surface area contributed by atoms with Crippen LogP contribution in [0.4, 0.5) is 0 Å². The van der Waals surface area contributed by atoms with Gasteiger partial charge in [-0.25, -0.2) is 0 Å². The zero-order chi connectivity index (χ0) is 19.5. The van der Waals surface area contributed by atoms with Crippen LogP contribution in [0.1, 0.15) is 11.5 Å². The summed E-state index contributed by atoms with van der Waals surface area (Å²) in [6.45, 7) is 0. The molecule has 126 valence electrons. The van der Waals surface area contributed by atoms with E-state index in [9.17, 15) is 15.8 Å². The molecule has 0 aliphatic heterocycles. The van der Waals surface area contributed by atoms with Crippen molar-refractivity contribution in [2.75, 3.05) is 14.2 Å². The van der Waals surface area contributed by atoms with E-state index in [1.54, 1.807) is 24.3 Å². The molecule has 0 radical (unpaired) electrons. The van der Waals surface area contributed by atoms with Gasteiger partial charge in [0.1, 0.15) is 5.41 Å². The molecule has 2 atom stereocenters. The van der Waals surface area contributed by atoms with Crippen LogP contribution >= 0.6 is 0 Å². The van der Waals surface area contributed by atoms with Crippen molar-refractivity contribution < 1.29 is 9.47 Å². The van der Waals surface area contributed by atoms with Crippen LogP contribution in [0, 0.1) is 78.8 Å². The maximum absolute atomic E-state index is 9.76. The van der Waals surface area contributed by atoms with Crippen molar-refractivity contribution in [1.82, 2.24) is 0 Å². The number of nitrogens with one attached hydrogen (secondary N) is 1. The van der Waals surface area contributed by atoms with Crippen molar-refractivity contribution in [3.05, 3.63) is 23.8 Å². The average Bonchev–Trinajstić information content (AvgIpc) is 3.31. The molecule has 0 bridgehead atoms. The average molecular weight is 344 g/mol. The molecule has 0 spiro atoms. The van der Waals surface area contributed by atoms with Crippen molar-refractivity contribution in [3.63, 3.8) is 0 Å². The van der Waals surface area contributed by atoms with Gasteiger partial charge in [-0.2, -0.15) is 26.3 Å². The number of nitrogens with zero attached hydrogens (tertiary/aromatic N) is 5. The summed E-state index contributed by atoms with van der Waals surface area (Å²) in [7, 11) is 2.86. The van der Waals surface area contributed by atoms with Gasteiger partial charge in [-0.3, -0.25) is 0 Å². The van der Waals surface area contributed by atoms with Crippen LogP contribution in [-0.4, -0.2) is 19.9 Å². The smallest absolute Gasteiger partial charge is 0.177 e. The normalized spacial score (nSPS) is 21.8. The van der Waals surface area contributed by atoms with Crippen molar-refractivity contribution in [1.29, 1.82) is 31.7 Å². The number of rotatable bonds is 5. The SMILES string of the molecule is COc1ccc([C@H]2C(C#N)(C#N)[C@@]2(C#N)C(=N)C(C#N)C#N)cc1OC. The Morgan fingerprint density at radius 3 is 2.00 bits per heavy atom. The molecule has 0 heterocycles. The fourth-order valence-corrected chi connectivity index (χ4v) is 3.30. The third kappa shape index (κ3) is 2.06. The molecule has 26 heavy (non-hydrogen) atoms. The Kier molecular flexibility index (Phi) is 4.53. The van der Waals surface area contributed by atoms with Crippen LogP contribution in [0.5, 0.6) is 11.5 Å². The molecule has 0 unspecified atom stereocenters. The second kappa shape index (κ2) is 6.45. The van der Waals surface area contributed by atoms with E-state index in [1.807, 2.05) is 18.2 Å². The Balaban J connectivity index is 2.69. The Bertz CT molecular complexity index is 953. The lowest BCUT2D eigenvalue weighted by Gasteiger charge is -2.12. The number of nitriles is 5. The molecule has 1 fully saturated rings. The Morgan fingerprint density at radius 2 is 1.58 bits per heavy atom. The molecule has 1 aliphatic rings. The molecule has 8 heteroatoms. The predicted molar refractivity (Wildman–Crippen MR) is 86.4 cm³/mol. The van der Waals surface area contributed by atoms with Crippen LogP contribution in [-0.2, 0) is 0 Å². The first-order chi connectivity index (χ1) is 12.5. The van der Waals surface area contributed by atoms with Gasteiger partial charge in [0.05, 0.1) is 50.3 Å². The molecule has 0 saturated heterocycles. The third-order valence-electron chi connectivity index (χ3n) is 4.65. The van der Waals surface area contributed by atoms with Gasteiger partial charge in [0, 0.05) is 5.92 Å². The Hall–Kier alpha value is -4.06. The van der Waals surface area contributed by atoms with E-state index >= 15 is 0 Å². The van der Waals surface area contributed by atoms with Gasteiger partial charge < -0.3 is 14.9 Å². The van der Waals surface area contributed by atoms with E-state index in [2.05, 4.69) is 0 Å². The maximum Gasteiger partial charge on any atom is 0.177 e. The molecule has 0 amide bonds. The van der Waals surface area contributed by atoms with Crippen LogP contribution in [0.25, 0.3) is 0 Å². The van der Waals surface area contributed by atoms with Gasteiger partial charge in [0.15, 0.2) is 22.8 Å². The minimum Gasteiger partial charge on any atom is -0.493 e. The minimum atomic E-state index is -1.88. The summed E-state index contributed by atoms with van der Waals surface area (Å²) in [4.78, 5) is 0. The maximum atomic E-state index is 9.76. The molecule has 1 N–H and O–H groups in total. The van der Waals surface area contributed by atoms with Gasteiger partial charge in [0.25, 0.3) is 0 Å². The lowest BCUT2D eigenvalue weighted by atomic mass is 9.84. The quantitative estimate of drug-likeness (QED) is 0.799. The monoisotopic (exact) mass is 344 g/mol. The zero-order valence-electron chi connectivity index (χ0n) is 13.9. The van der Waals surface area contributed by atoms with Crippen molar-refractivity contribution >= 4 is 5.71 Å². The van der Waals surface area contributed by atoms with Gasteiger partial charge in [-0.05, 0) is 17.7 Å². The molecule has 0 aromatic heterocycles. The fraction of sp³-hybridized carbons (Fsp3) is 0.333. The van der Waals surface area contributed by atoms with E-state index in [0.717, 1.165) is 0 Å². The summed E-state index contributed by atoms with van der Waals surface area (Å²) in [5.74, 6) is -1.77. The molecule has 2 rings (SSSR count). The first-order valence-corrected chi connectivity index (χ1v) is 7.31. The lowest BCUT2D eigenvalue weighted by Crippen LogP contribution is -2.26. The highest BCUT2D eigenvalue weighted by Gasteiger charge is 2.83. The first kappa shape index (κ1) is 18.3. The van der Waals surface area contributed by atoms with Gasteiger partial charge in [0.2, 0.25) is 0 Å². The second-order valence-electron chi connectivity index (χ2n) is 5.60. The van der Waals surface area contributed by atoms with Crippen LogP contribution < -0.4 is 9.47 Å². The summed E-state index contributed by atoms with van der Waals surface area (Å²) in [6.07, 6.45) is 0. The van der Waals surface area contributed by atoms with E-state index < -0.39 is 28.4 Å². The highest BCUT2D eigenvalue weighted by molar-refractivity contribution is 6.02. The van der Waals surface area contributed by atoms with Gasteiger partial charge in [-0.15, -0.1) is 0 Å². The number of hydrogen-bond acceptors (Lipinski definition) is 8. The summed E-state index contributed by atoms with van der Waals surface area (Å²) < 4.78 is 10.4. The molecule has 8 nitrogen and oxygen atoms in total. The largest absolute Gasteiger partial charge is 0.493 e. The van der Waals surface area contributed by atoms with Crippen molar-refractivity contribution in [2.45, 2.75) is 5.92 Å². The Morgan fingerprint density at radius 1 is 1.00 bits per heavy atom. The van der Waals surface area contributed by atoms with Crippen LogP contribution in [0.2, 0.25) is 0 Å².